The number of aromatic nitrogens is 1. The average molecular weight is 348 g/mol. The molecular formula is C18H18F2N2O3. The Morgan fingerprint density at radius 3 is 2.88 bits per heavy atom. The quantitative estimate of drug-likeness (QED) is 0.917. The molecule has 0 radical (unpaired) electrons. The number of benzene rings is 1. The van der Waals surface area contributed by atoms with Gasteiger partial charge in [-0.1, -0.05) is 6.07 Å². The van der Waals surface area contributed by atoms with Crippen LogP contribution in [0.4, 0.5) is 14.5 Å². The number of fused-ring (bicyclic) bond motifs is 1. The molecule has 1 aromatic carbocycles. The molecule has 0 atom stereocenters. The van der Waals surface area contributed by atoms with Gasteiger partial charge in [-0.2, -0.15) is 0 Å². The summed E-state index contributed by atoms with van der Waals surface area (Å²) in [6, 6.07) is 6.29. The lowest BCUT2D eigenvalue weighted by Gasteiger charge is -2.25. The zero-order chi connectivity index (χ0) is 18.0. The Bertz CT molecular complexity index is 790. The average Bonchev–Trinajstić information content (AvgIpc) is 2.76. The number of carbonyl (C=O) groups is 1. The number of aromatic carboxylic acids is 1. The van der Waals surface area contributed by atoms with Gasteiger partial charge in [0.05, 0.1) is 18.8 Å². The van der Waals surface area contributed by atoms with E-state index < -0.39 is 11.9 Å². The molecule has 1 N–H and O–H groups in total. The van der Waals surface area contributed by atoms with Crippen LogP contribution in [0.5, 0.6) is 0 Å². The predicted octanol–water partition coefficient (Wildman–Crippen LogP) is 3.43. The van der Waals surface area contributed by atoms with Gasteiger partial charge in [-0.25, -0.2) is 13.6 Å². The van der Waals surface area contributed by atoms with Gasteiger partial charge in [0.15, 0.2) is 0 Å². The Hall–Kier alpha value is -2.54. The molecule has 0 saturated carbocycles. The second-order valence-electron chi connectivity index (χ2n) is 6.09. The lowest BCUT2D eigenvalue weighted by molar-refractivity contribution is 0.0170. The van der Waals surface area contributed by atoms with Gasteiger partial charge in [-0.05, 0) is 23.8 Å². The first-order chi connectivity index (χ1) is 11.8. The standard InChI is InChI=1S/C18H18F2N2O3/c1-18(19,20)15-6-12(8-21-9-15)10-22-4-5-25-11-14-3-2-13(17(23)24)7-16(14)22/h2-3,6-9H,4-5,10-11H2,1H3,(H,23,24). The number of carboxylic acids is 1. The van der Waals surface area contributed by atoms with Crippen molar-refractivity contribution in [3.05, 3.63) is 58.9 Å². The SMILES string of the molecule is CC(F)(F)c1cncc(CN2CCOCc3ccc(C(=O)O)cc32)c1. The first kappa shape index (κ1) is 17.3. The number of alkyl halides is 2. The number of hydrogen-bond acceptors (Lipinski definition) is 4. The first-order valence-electron chi connectivity index (χ1n) is 7.86. The van der Waals surface area contributed by atoms with Crippen molar-refractivity contribution in [3.8, 4) is 0 Å². The molecule has 2 aromatic rings. The molecule has 0 fully saturated rings. The molecule has 2 heterocycles. The van der Waals surface area contributed by atoms with Crippen LogP contribution >= 0.6 is 0 Å². The van der Waals surface area contributed by atoms with Crippen molar-refractivity contribution in [1.82, 2.24) is 4.98 Å². The van der Waals surface area contributed by atoms with Gasteiger partial charge < -0.3 is 14.7 Å². The van der Waals surface area contributed by atoms with E-state index in [-0.39, 0.29) is 11.1 Å². The summed E-state index contributed by atoms with van der Waals surface area (Å²) in [5, 5.41) is 9.22. The molecule has 0 bridgehead atoms. The zero-order valence-electron chi connectivity index (χ0n) is 13.7. The molecule has 0 unspecified atom stereocenters. The predicted molar refractivity (Wildman–Crippen MR) is 87.9 cm³/mol. The summed E-state index contributed by atoms with van der Waals surface area (Å²) >= 11 is 0. The number of hydrogen-bond donors (Lipinski definition) is 1. The van der Waals surface area contributed by atoms with Crippen molar-refractivity contribution < 1.29 is 23.4 Å². The van der Waals surface area contributed by atoms with Gasteiger partial charge >= 0.3 is 5.97 Å². The second-order valence-corrected chi connectivity index (χ2v) is 6.09. The number of nitrogens with zero attached hydrogens (tertiary/aromatic N) is 2. The topological polar surface area (TPSA) is 62.7 Å². The molecule has 5 nitrogen and oxygen atoms in total. The van der Waals surface area contributed by atoms with Crippen LogP contribution in [0.15, 0.2) is 36.7 Å². The van der Waals surface area contributed by atoms with Crippen LogP contribution in [0.3, 0.4) is 0 Å². The molecular weight excluding hydrogens is 330 g/mol. The lowest BCUT2D eigenvalue weighted by atomic mass is 10.1. The van der Waals surface area contributed by atoms with Crippen molar-refractivity contribution in [3.63, 3.8) is 0 Å². The molecule has 0 aliphatic carbocycles. The van der Waals surface area contributed by atoms with E-state index in [4.69, 9.17) is 4.74 Å². The number of pyridine rings is 1. The molecule has 1 aliphatic heterocycles. The van der Waals surface area contributed by atoms with Crippen molar-refractivity contribution in [2.45, 2.75) is 26.0 Å². The molecule has 0 spiro atoms. The highest BCUT2D eigenvalue weighted by molar-refractivity contribution is 5.89. The maximum absolute atomic E-state index is 13.5. The van der Waals surface area contributed by atoms with E-state index in [1.54, 1.807) is 18.3 Å². The van der Waals surface area contributed by atoms with Crippen LogP contribution in [-0.4, -0.2) is 29.2 Å². The molecule has 7 heteroatoms. The number of halogens is 2. The van der Waals surface area contributed by atoms with Gasteiger partial charge in [0.25, 0.3) is 5.92 Å². The summed E-state index contributed by atoms with van der Waals surface area (Å²) in [6.07, 6.45) is 2.70. The van der Waals surface area contributed by atoms with Gasteiger partial charge in [0, 0.05) is 49.2 Å². The monoisotopic (exact) mass is 348 g/mol. The molecule has 0 amide bonds. The van der Waals surface area contributed by atoms with Gasteiger partial charge in [0.1, 0.15) is 0 Å². The number of anilines is 1. The fourth-order valence-corrected chi connectivity index (χ4v) is 2.79. The molecule has 25 heavy (non-hydrogen) atoms. The third-order valence-corrected chi connectivity index (χ3v) is 4.11. The van der Waals surface area contributed by atoms with Crippen LogP contribution < -0.4 is 4.90 Å². The molecule has 132 valence electrons. The Morgan fingerprint density at radius 2 is 2.16 bits per heavy atom. The summed E-state index contributed by atoms with van der Waals surface area (Å²) in [7, 11) is 0. The Balaban J connectivity index is 1.93. The highest BCUT2D eigenvalue weighted by Crippen LogP contribution is 2.29. The third-order valence-electron chi connectivity index (χ3n) is 4.11. The minimum absolute atomic E-state index is 0.143. The van der Waals surface area contributed by atoms with E-state index in [0.717, 1.165) is 24.4 Å². The van der Waals surface area contributed by atoms with E-state index in [1.807, 2.05) is 4.90 Å². The fraction of sp³-hybridized carbons (Fsp3) is 0.333. The van der Waals surface area contributed by atoms with Crippen LogP contribution in [-0.2, 0) is 23.8 Å². The largest absolute Gasteiger partial charge is 0.478 e. The summed E-state index contributed by atoms with van der Waals surface area (Å²) in [4.78, 5) is 17.1. The van der Waals surface area contributed by atoms with Crippen molar-refractivity contribution in [2.75, 3.05) is 18.1 Å². The molecule has 1 aromatic heterocycles. The van der Waals surface area contributed by atoms with Crippen molar-refractivity contribution in [1.29, 1.82) is 0 Å². The van der Waals surface area contributed by atoms with Crippen molar-refractivity contribution >= 4 is 11.7 Å². The van der Waals surface area contributed by atoms with Crippen LogP contribution in [0.25, 0.3) is 0 Å². The van der Waals surface area contributed by atoms with Crippen LogP contribution in [0.2, 0.25) is 0 Å². The van der Waals surface area contributed by atoms with E-state index in [2.05, 4.69) is 4.98 Å². The third kappa shape index (κ3) is 3.93. The Kier molecular flexibility index (Phi) is 4.67. The first-order valence-corrected chi connectivity index (χ1v) is 7.86. The lowest BCUT2D eigenvalue weighted by Crippen LogP contribution is -2.26. The van der Waals surface area contributed by atoms with Crippen molar-refractivity contribution in [2.24, 2.45) is 0 Å². The summed E-state index contributed by atoms with van der Waals surface area (Å²) in [6.45, 7) is 2.56. The minimum Gasteiger partial charge on any atom is -0.478 e. The highest BCUT2D eigenvalue weighted by Gasteiger charge is 2.25. The zero-order valence-corrected chi connectivity index (χ0v) is 13.7. The molecule has 0 saturated heterocycles. The minimum atomic E-state index is -2.96. The number of carboxylic acid groups (broad SMARTS) is 1. The summed E-state index contributed by atoms with van der Waals surface area (Å²) in [5.41, 5.74) is 2.28. The van der Waals surface area contributed by atoms with Crippen LogP contribution in [0, 0.1) is 0 Å². The smallest absolute Gasteiger partial charge is 0.335 e. The van der Waals surface area contributed by atoms with Gasteiger partial charge in [-0.15, -0.1) is 0 Å². The van der Waals surface area contributed by atoms with E-state index >= 15 is 0 Å². The Labute approximate surface area is 143 Å². The second kappa shape index (κ2) is 6.76. The summed E-state index contributed by atoms with van der Waals surface area (Å²) in [5.74, 6) is -3.97. The molecule has 3 rings (SSSR count). The van der Waals surface area contributed by atoms with Gasteiger partial charge in [-0.3, -0.25) is 4.98 Å². The molecule has 1 aliphatic rings. The van der Waals surface area contributed by atoms with E-state index in [9.17, 15) is 18.7 Å². The highest BCUT2D eigenvalue weighted by atomic mass is 19.3. The van der Waals surface area contributed by atoms with E-state index in [0.29, 0.717) is 31.9 Å². The maximum atomic E-state index is 13.5. The maximum Gasteiger partial charge on any atom is 0.335 e. The fourth-order valence-electron chi connectivity index (χ4n) is 2.79. The normalized spacial score (nSPS) is 14.8. The van der Waals surface area contributed by atoms with Gasteiger partial charge in [0.2, 0.25) is 0 Å². The van der Waals surface area contributed by atoms with Crippen LogP contribution in [0.1, 0.15) is 34.0 Å². The number of ether oxygens (including phenoxy) is 1. The van der Waals surface area contributed by atoms with E-state index in [1.165, 1.54) is 12.1 Å². The number of rotatable bonds is 4. The Morgan fingerprint density at radius 1 is 1.36 bits per heavy atom. The summed E-state index contributed by atoms with van der Waals surface area (Å²) < 4.78 is 32.6.